The van der Waals surface area contributed by atoms with Gasteiger partial charge in [0.2, 0.25) is 23.6 Å². The molecule has 1 aliphatic heterocycles. The Morgan fingerprint density at radius 2 is 1.73 bits per heavy atom. The summed E-state index contributed by atoms with van der Waals surface area (Å²) in [6, 6.07) is -2.35. The van der Waals surface area contributed by atoms with Gasteiger partial charge in [0.05, 0.1) is 12.2 Å². The van der Waals surface area contributed by atoms with Crippen molar-refractivity contribution >= 4 is 23.6 Å². The number of hydrogen-bond donors (Lipinski definition) is 4. The van der Waals surface area contributed by atoms with Crippen LogP contribution in [0.15, 0.2) is 24.3 Å². The fourth-order valence-corrected chi connectivity index (χ4v) is 3.48. The highest BCUT2D eigenvalue weighted by Gasteiger charge is 2.37. The number of carbonyl (C=O) groups is 4. The van der Waals surface area contributed by atoms with Crippen LogP contribution in [0.5, 0.6) is 0 Å². The maximum Gasteiger partial charge on any atom is 0.246 e. The molecule has 10 heteroatoms. The van der Waals surface area contributed by atoms with Crippen LogP contribution in [0.4, 0.5) is 0 Å². The van der Waals surface area contributed by atoms with E-state index in [-0.39, 0.29) is 24.2 Å². The number of allylic oxidation sites excluding steroid dienone is 2. The Morgan fingerprint density at radius 1 is 1.09 bits per heavy atom. The van der Waals surface area contributed by atoms with Crippen LogP contribution in [0, 0.1) is 5.92 Å². The number of hydrogen-bond acceptors (Lipinski definition) is 6. The molecule has 1 heterocycles. The van der Waals surface area contributed by atoms with E-state index in [9.17, 15) is 29.4 Å². The minimum Gasteiger partial charge on any atom is -0.390 e. The molecule has 1 rings (SSSR count). The van der Waals surface area contributed by atoms with Crippen molar-refractivity contribution < 1.29 is 29.4 Å². The molecular formula is C23H38N4O6. The Labute approximate surface area is 195 Å². The van der Waals surface area contributed by atoms with Crippen molar-refractivity contribution in [1.82, 2.24) is 20.4 Å². The summed E-state index contributed by atoms with van der Waals surface area (Å²) >= 11 is 0. The van der Waals surface area contributed by atoms with Crippen LogP contribution in [0.2, 0.25) is 0 Å². The van der Waals surface area contributed by atoms with Gasteiger partial charge in [0.15, 0.2) is 0 Å². The van der Waals surface area contributed by atoms with Gasteiger partial charge in [-0.05, 0) is 32.6 Å². The number of nitrogens with zero attached hydrogens (tertiary/aromatic N) is 2. The first-order chi connectivity index (χ1) is 15.4. The molecule has 1 fully saturated rings. The lowest BCUT2D eigenvalue weighted by atomic mass is 9.98. The lowest BCUT2D eigenvalue weighted by Crippen LogP contribution is -2.59. The number of amides is 4. The van der Waals surface area contributed by atoms with Crippen molar-refractivity contribution in [3.05, 3.63) is 24.3 Å². The van der Waals surface area contributed by atoms with Gasteiger partial charge in [-0.2, -0.15) is 0 Å². The molecule has 0 unspecified atom stereocenters. The van der Waals surface area contributed by atoms with Gasteiger partial charge in [-0.25, -0.2) is 0 Å². The summed E-state index contributed by atoms with van der Waals surface area (Å²) < 4.78 is 0. The summed E-state index contributed by atoms with van der Waals surface area (Å²) in [5.74, 6) is -1.76. The molecule has 0 radical (unpaired) electrons. The van der Waals surface area contributed by atoms with Gasteiger partial charge in [-0.3, -0.25) is 19.2 Å². The van der Waals surface area contributed by atoms with E-state index in [1.807, 2.05) is 13.8 Å². The van der Waals surface area contributed by atoms with E-state index >= 15 is 0 Å². The van der Waals surface area contributed by atoms with Gasteiger partial charge >= 0.3 is 0 Å². The molecular weight excluding hydrogens is 428 g/mol. The highest BCUT2D eigenvalue weighted by Crippen LogP contribution is 2.17. The van der Waals surface area contributed by atoms with Crippen LogP contribution in [0.25, 0.3) is 0 Å². The molecule has 0 aliphatic carbocycles. The van der Waals surface area contributed by atoms with E-state index in [4.69, 9.17) is 0 Å². The van der Waals surface area contributed by atoms with Crippen LogP contribution in [-0.2, 0) is 19.2 Å². The van der Waals surface area contributed by atoms with Crippen LogP contribution in [0.3, 0.4) is 0 Å². The predicted molar refractivity (Wildman–Crippen MR) is 124 cm³/mol. The topological polar surface area (TPSA) is 139 Å². The quantitative estimate of drug-likeness (QED) is 0.309. The van der Waals surface area contributed by atoms with Crippen LogP contribution < -0.4 is 10.6 Å². The van der Waals surface area contributed by atoms with Crippen LogP contribution in [-0.4, -0.2) is 94.6 Å². The fourth-order valence-electron chi connectivity index (χ4n) is 3.48. The molecule has 4 N–H and O–H groups in total. The molecule has 5 atom stereocenters. The summed E-state index contributed by atoms with van der Waals surface area (Å²) in [4.78, 5) is 53.9. The number of aliphatic hydroxyl groups excluding tert-OH is 2. The molecule has 4 amide bonds. The maximum absolute atomic E-state index is 13.3. The van der Waals surface area contributed by atoms with Crippen molar-refractivity contribution in [1.29, 1.82) is 0 Å². The molecule has 0 aromatic carbocycles. The molecule has 10 nitrogen and oxygen atoms in total. The van der Waals surface area contributed by atoms with Crippen molar-refractivity contribution in [2.24, 2.45) is 5.92 Å². The Hall–Kier alpha value is -2.72. The third-order valence-electron chi connectivity index (χ3n) is 5.70. The first-order valence-electron chi connectivity index (χ1n) is 11.2. The highest BCUT2D eigenvalue weighted by molar-refractivity contribution is 5.96. The Morgan fingerprint density at radius 3 is 2.30 bits per heavy atom. The van der Waals surface area contributed by atoms with E-state index in [2.05, 4.69) is 10.6 Å². The van der Waals surface area contributed by atoms with Crippen molar-refractivity contribution in [2.45, 2.75) is 70.9 Å². The Bertz CT molecular complexity index is 764. The van der Waals surface area contributed by atoms with E-state index < -0.39 is 42.1 Å². The van der Waals surface area contributed by atoms with E-state index in [0.717, 1.165) is 0 Å². The average Bonchev–Trinajstić information content (AvgIpc) is 2.75. The van der Waals surface area contributed by atoms with Crippen molar-refractivity contribution in [2.75, 3.05) is 20.6 Å². The summed E-state index contributed by atoms with van der Waals surface area (Å²) in [5.41, 5.74) is 0. The molecule has 1 saturated heterocycles. The average molecular weight is 467 g/mol. The first kappa shape index (κ1) is 28.3. The predicted octanol–water partition coefficient (Wildman–Crippen LogP) is -0.435. The normalized spacial score (nSPS) is 25.7. The number of likely N-dealkylation sites (N-methyl/N-ethyl adjacent to an activating group) is 2. The number of carbonyl (C=O) groups excluding carboxylic acids is 4. The largest absolute Gasteiger partial charge is 0.390 e. The van der Waals surface area contributed by atoms with Gasteiger partial charge < -0.3 is 30.6 Å². The third-order valence-corrected chi connectivity index (χ3v) is 5.70. The van der Waals surface area contributed by atoms with Gasteiger partial charge in [-0.1, -0.05) is 32.1 Å². The molecule has 186 valence electrons. The maximum atomic E-state index is 13.3. The second kappa shape index (κ2) is 13.1. The van der Waals surface area contributed by atoms with Gasteiger partial charge in [0.1, 0.15) is 18.1 Å². The zero-order valence-electron chi connectivity index (χ0n) is 20.3. The number of nitrogens with one attached hydrogen (secondary N) is 2. The molecule has 0 aromatic rings. The zero-order valence-corrected chi connectivity index (χ0v) is 20.3. The summed E-state index contributed by atoms with van der Waals surface area (Å²) in [5, 5.41) is 24.2. The minimum atomic E-state index is -1.05. The number of rotatable bonds is 6. The van der Waals surface area contributed by atoms with Gasteiger partial charge in [0.25, 0.3) is 0 Å². The SMILES string of the molecule is CC(C)[C@H]1C(=O)N(C)[C@@H](C)C(=O)NCCC[C@H](NC(=O)C=C/C=C/[C@@H](O)[C@@H](C)O)C(=O)N1C. The van der Waals surface area contributed by atoms with E-state index in [1.165, 1.54) is 55.1 Å². The van der Waals surface area contributed by atoms with Crippen LogP contribution in [0.1, 0.15) is 40.5 Å². The minimum absolute atomic E-state index is 0.214. The van der Waals surface area contributed by atoms with E-state index in [0.29, 0.717) is 13.0 Å². The second-order valence-corrected chi connectivity index (χ2v) is 8.73. The lowest BCUT2D eigenvalue weighted by molar-refractivity contribution is -0.150. The lowest BCUT2D eigenvalue weighted by Gasteiger charge is -2.37. The van der Waals surface area contributed by atoms with Crippen molar-refractivity contribution in [3.8, 4) is 0 Å². The fraction of sp³-hybridized carbons (Fsp3) is 0.652. The molecule has 0 spiro atoms. The Balaban J connectivity index is 3.06. The molecule has 0 saturated carbocycles. The van der Waals surface area contributed by atoms with E-state index in [1.54, 1.807) is 6.92 Å². The summed E-state index contributed by atoms with van der Waals surface area (Å²) in [7, 11) is 3.07. The molecule has 33 heavy (non-hydrogen) atoms. The van der Waals surface area contributed by atoms with Crippen molar-refractivity contribution in [3.63, 3.8) is 0 Å². The zero-order chi connectivity index (χ0) is 25.3. The standard InChI is InChI=1S/C23H38N4O6/c1-14(2)20-23(33)26(5)15(3)21(31)24-13-9-10-17(22(32)27(20)6)25-19(30)12-8-7-11-18(29)16(4)28/h7-8,11-12,14-18,20,28-29H,9-10,13H2,1-6H3,(H,24,31)(H,25,30)/b11-7+,12-8?/t15-,16+,17-,18+,20-/m0/s1. The summed E-state index contributed by atoms with van der Waals surface area (Å²) in [6.45, 7) is 7.02. The third kappa shape index (κ3) is 8.29. The van der Waals surface area contributed by atoms with Gasteiger partial charge in [0, 0.05) is 26.7 Å². The molecule has 1 aliphatic rings. The monoisotopic (exact) mass is 466 g/mol. The van der Waals surface area contributed by atoms with Gasteiger partial charge in [-0.15, -0.1) is 0 Å². The summed E-state index contributed by atoms with van der Waals surface area (Å²) in [6.07, 6.45) is 4.10. The smallest absolute Gasteiger partial charge is 0.246 e. The second-order valence-electron chi connectivity index (χ2n) is 8.73. The molecule has 0 aromatic heterocycles. The first-order valence-corrected chi connectivity index (χ1v) is 11.2. The van der Waals surface area contributed by atoms with Crippen LogP contribution >= 0.6 is 0 Å². The number of aliphatic hydroxyl groups is 2. The molecule has 0 bridgehead atoms. The Kier molecular flexibility index (Phi) is 11.2. The highest BCUT2D eigenvalue weighted by atomic mass is 16.3.